The predicted molar refractivity (Wildman–Crippen MR) is 240 cm³/mol. The number of nitrogens with one attached hydrogen (secondary N) is 3. The van der Waals surface area contributed by atoms with E-state index in [0.717, 1.165) is 70.6 Å². The maximum atomic E-state index is 14.0. The summed E-state index contributed by atoms with van der Waals surface area (Å²) in [5, 5.41) is 20.1. The molecular weight excluding hydrogens is 833 g/mol. The number of benzene rings is 1. The van der Waals surface area contributed by atoms with E-state index in [9.17, 15) is 24.3 Å². The predicted octanol–water partition coefficient (Wildman–Crippen LogP) is 6.78. The molecule has 61 heavy (non-hydrogen) atoms. The highest BCUT2D eigenvalue weighted by Gasteiger charge is 2.44. The number of carbonyl (C=O) groups is 4. The van der Waals surface area contributed by atoms with Gasteiger partial charge in [-0.25, -0.2) is 15.0 Å². The monoisotopic (exact) mass is 892 g/mol. The lowest BCUT2D eigenvalue weighted by molar-refractivity contribution is -0.144. The van der Waals surface area contributed by atoms with Crippen LogP contribution in [0, 0.1) is 18.3 Å². The van der Waals surface area contributed by atoms with Crippen molar-refractivity contribution in [1.29, 1.82) is 0 Å². The molecule has 1 unspecified atom stereocenters. The van der Waals surface area contributed by atoms with E-state index in [2.05, 4.69) is 56.6 Å². The van der Waals surface area contributed by atoms with Crippen LogP contribution in [0.5, 0.6) is 0 Å². The Bertz CT molecular complexity index is 2110. The molecule has 3 atom stereocenters. The minimum absolute atomic E-state index is 0.00719. The lowest BCUT2D eigenvalue weighted by Gasteiger charge is -2.35. The molecule has 17 heteroatoms. The molecule has 330 valence electrons. The highest BCUT2D eigenvalue weighted by Crippen LogP contribution is 2.33. The van der Waals surface area contributed by atoms with Crippen LogP contribution in [0.4, 0.5) is 5.13 Å². The van der Waals surface area contributed by atoms with E-state index >= 15 is 0 Å². The van der Waals surface area contributed by atoms with E-state index < -0.39 is 23.6 Å². The summed E-state index contributed by atoms with van der Waals surface area (Å²) >= 11 is 4.61. The molecule has 2 fully saturated rings. The molecule has 5 heterocycles. The first-order valence-corrected chi connectivity index (χ1v) is 23.7. The summed E-state index contributed by atoms with van der Waals surface area (Å²) in [5.74, 6) is 1.08. The zero-order valence-corrected chi connectivity index (χ0v) is 38.7. The number of β-amino-alcohol motifs (C(OH)–C–C–N with tert-alkyl or cyclic N) is 1. The molecule has 14 nitrogen and oxygen atoms in total. The van der Waals surface area contributed by atoms with E-state index in [1.165, 1.54) is 16.2 Å². The number of hydrogen-bond acceptors (Lipinski definition) is 13. The lowest BCUT2D eigenvalue weighted by Crippen LogP contribution is -2.57. The van der Waals surface area contributed by atoms with Crippen molar-refractivity contribution in [2.75, 3.05) is 31.5 Å². The topological polar surface area (TPSA) is 183 Å². The summed E-state index contributed by atoms with van der Waals surface area (Å²) in [6.07, 6.45) is 6.05. The number of hydrogen-bond donors (Lipinski definition) is 4. The molecule has 2 aliphatic rings. The molecule has 4 aromatic rings. The number of piperidine rings is 1. The largest absolute Gasteiger partial charge is 0.444 e. The number of nitrogens with zero attached hydrogens (tertiary/aromatic N) is 5. The number of amides is 4. The number of carbonyl (C=O) groups excluding carboxylic acids is 4. The summed E-state index contributed by atoms with van der Waals surface area (Å²) in [6.45, 7) is 16.6. The number of unbranched alkanes of at least 4 members (excludes halogenated alkanes) is 1. The molecular formula is C44H60N8O6S3. The second-order valence-corrected chi connectivity index (χ2v) is 21.3. The quantitative estimate of drug-likeness (QED) is 0.0687. The zero-order chi connectivity index (χ0) is 43.9. The van der Waals surface area contributed by atoms with Crippen molar-refractivity contribution >= 4 is 63.2 Å². The van der Waals surface area contributed by atoms with Crippen molar-refractivity contribution in [2.45, 2.75) is 127 Å². The molecule has 3 aromatic heterocycles. The molecule has 4 N–H and O–H groups in total. The standard InChI is InChI=1S/C44H60N8O6S3/c1-27-37(60-26-48-27)29-13-11-28(12-14-29)21-46-40(56)32-20-31(53)24-52(32)41(57)38(44(5,6)7)49-34(54)10-8-9-17-51-18-15-30(16-19-51)39(55)50-42-47-23-36(61-42)59-25-35-45-22-33(58-35)43(2,3)4/h11-14,22-23,26,30-32,38,53H,8-10,15-21,24-25H2,1-7H3,(H,46,56)(H,49,54)(H,47,50,55)/t31-,32+,38?/m1/s1. The Balaban J connectivity index is 0.894. The summed E-state index contributed by atoms with van der Waals surface area (Å²) in [4.78, 5) is 71.8. The summed E-state index contributed by atoms with van der Waals surface area (Å²) in [6, 6.07) is 6.21. The van der Waals surface area contributed by atoms with Crippen LogP contribution in [-0.4, -0.2) is 97.9 Å². The Kier molecular flexibility index (Phi) is 15.5. The molecule has 1 aromatic carbocycles. The number of anilines is 1. The summed E-state index contributed by atoms with van der Waals surface area (Å²) in [7, 11) is 0. The van der Waals surface area contributed by atoms with E-state index in [-0.39, 0.29) is 60.9 Å². The van der Waals surface area contributed by atoms with Crippen LogP contribution in [-0.2, 0) is 36.9 Å². The Hall–Kier alpha value is -4.16. The molecule has 0 aliphatic carbocycles. The number of aromatic nitrogens is 3. The van der Waals surface area contributed by atoms with Gasteiger partial charge in [-0.05, 0) is 68.8 Å². The number of aliphatic hydroxyl groups is 1. The lowest BCUT2D eigenvalue weighted by atomic mass is 9.85. The van der Waals surface area contributed by atoms with Crippen LogP contribution < -0.4 is 16.0 Å². The van der Waals surface area contributed by atoms with Crippen molar-refractivity contribution in [3.05, 3.63) is 65.1 Å². The van der Waals surface area contributed by atoms with Crippen LogP contribution in [0.25, 0.3) is 10.4 Å². The van der Waals surface area contributed by atoms with Gasteiger partial charge in [-0.3, -0.25) is 19.2 Å². The smallest absolute Gasteiger partial charge is 0.246 e. The van der Waals surface area contributed by atoms with E-state index in [1.54, 1.807) is 35.5 Å². The fourth-order valence-corrected chi connectivity index (χ4v) is 10.0. The van der Waals surface area contributed by atoms with Crippen LogP contribution in [0.15, 0.2) is 50.8 Å². The number of aliphatic hydroxyl groups excluding tert-OH is 1. The van der Waals surface area contributed by atoms with Crippen molar-refractivity contribution in [3.63, 3.8) is 0 Å². The minimum Gasteiger partial charge on any atom is -0.444 e. The molecule has 2 saturated heterocycles. The molecule has 0 spiro atoms. The molecule has 6 rings (SSSR count). The van der Waals surface area contributed by atoms with Gasteiger partial charge >= 0.3 is 0 Å². The average Bonchev–Trinajstić information content (AvgIpc) is 4.04. The van der Waals surface area contributed by atoms with Crippen molar-refractivity contribution in [2.24, 2.45) is 11.3 Å². The van der Waals surface area contributed by atoms with Gasteiger partial charge < -0.3 is 35.3 Å². The highest BCUT2D eigenvalue weighted by atomic mass is 32.2. The number of oxazole rings is 1. The Morgan fingerprint density at radius 3 is 2.38 bits per heavy atom. The number of likely N-dealkylation sites (tertiary alicyclic amines) is 2. The van der Waals surface area contributed by atoms with Gasteiger partial charge in [0.15, 0.2) is 5.13 Å². The number of rotatable bonds is 16. The second kappa shape index (κ2) is 20.4. The Labute approximate surface area is 371 Å². The molecule has 4 amide bonds. The maximum Gasteiger partial charge on any atom is 0.246 e. The van der Waals surface area contributed by atoms with Crippen LogP contribution in [0.2, 0.25) is 0 Å². The Morgan fingerprint density at radius 1 is 0.984 bits per heavy atom. The van der Waals surface area contributed by atoms with Gasteiger partial charge in [0.25, 0.3) is 0 Å². The van der Waals surface area contributed by atoms with Gasteiger partial charge in [0, 0.05) is 37.3 Å². The third kappa shape index (κ3) is 12.7. The minimum atomic E-state index is -0.871. The van der Waals surface area contributed by atoms with E-state index in [4.69, 9.17) is 4.42 Å². The highest BCUT2D eigenvalue weighted by molar-refractivity contribution is 8.00. The van der Waals surface area contributed by atoms with Gasteiger partial charge in [0.2, 0.25) is 29.5 Å². The number of thiazole rings is 2. The normalized spacial score (nSPS) is 18.3. The SMILES string of the molecule is Cc1ncsc1-c1ccc(CNC(=O)[C@@H]2C[C@@H](O)CN2C(=O)C(NC(=O)CCCCN2CCC(C(=O)Nc3ncc(SCc4ncc(C(C)(C)C)o4)s3)CC2)C(C)(C)C)cc1. The van der Waals surface area contributed by atoms with Gasteiger partial charge in [-0.1, -0.05) is 77.1 Å². The molecule has 0 bridgehead atoms. The summed E-state index contributed by atoms with van der Waals surface area (Å²) < 4.78 is 6.86. The van der Waals surface area contributed by atoms with Crippen LogP contribution >= 0.6 is 34.4 Å². The first-order chi connectivity index (χ1) is 28.9. The van der Waals surface area contributed by atoms with Gasteiger partial charge in [-0.15, -0.1) is 23.1 Å². The van der Waals surface area contributed by atoms with Crippen molar-refractivity contribution in [1.82, 2.24) is 35.4 Å². The third-order valence-corrected chi connectivity index (χ3v) is 14.2. The number of aryl methyl sites for hydroxylation is 1. The first kappa shape index (κ1) is 46.3. The fraction of sp³-hybridized carbons (Fsp3) is 0.568. The maximum absolute atomic E-state index is 14.0. The Morgan fingerprint density at radius 2 is 1.72 bits per heavy atom. The zero-order valence-electron chi connectivity index (χ0n) is 36.3. The van der Waals surface area contributed by atoms with Crippen molar-refractivity contribution < 1.29 is 28.7 Å². The molecule has 2 aliphatic heterocycles. The van der Waals surface area contributed by atoms with Crippen LogP contribution in [0.1, 0.15) is 103 Å². The van der Waals surface area contributed by atoms with Gasteiger partial charge in [0.1, 0.15) is 17.8 Å². The van der Waals surface area contributed by atoms with Gasteiger partial charge in [0.05, 0.1) is 44.5 Å². The first-order valence-electron chi connectivity index (χ1n) is 21.1. The third-order valence-electron chi connectivity index (χ3n) is 11.1. The van der Waals surface area contributed by atoms with Gasteiger partial charge in [-0.2, -0.15) is 0 Å². The summed E-state index contributed by atoms with van der Waals surface area (Å²) in [5.41, 5.74) is 4.04. The fourth-order valence-electron chi connectivity index (χ4n) is 7.50. The van der Waals surface area contributed by atoms with E-state index in [0.29, 0.717) is 23.2 Å². The van der Waals surface area contributed by atoms with Crippen LogP contribution in [0.3, 0.4) is 0 Å². The average molecular weight is 893 g/mol. The van der Waals surface area contributed by atoms with Crippen molar-refractivity contribution in [3.8, 4) is 10.4 Å². The van der Waals surface area contributed by atoms with E-state index in [1.807, 2.05) is 57.5 Å². The molecule has 0 radical (unpaired) electrons. The second-order valence-electron chi connectivity index (χ2n) is 18.1. The molecule has 0 saturated carbocycles. The number of thioether (sulfide) groups is 1.